The Morgan fingerprint density at radius 1 is 0.500 bits per heavy atom. The fraction of sp³-hybridized carbons (Fsp3) is 0.216. The minimum Gasteiger partial charge on any atom is -0.495 e. The molecule has 48 heavy (non-hydrogen) atoms. The van der Waals surface area contributed by atoms with Gasteiger partial charge in [0.1, 0.15) is 11.5 Å². The van der Waals surface area contributed by atoms with Crippen LogP contribution in [0.1, 0.15) is 22.3 Å². The molecule has 0 heterocycles. The van der Waals surface area contributed by atoms with Gasteiger partial charge in [-0.15, -0.1) is 0 Å². The van der Waals surface area contributed by atoms with Crippen molar-refractivity contribution in [2.45, 2.75) is 0 Å². The number of nitrogens with zero attached hydrogens (tertiary/aromatic N) is 1. The lowest BCUT2D eigenvalue weighted by atomic mass is 10.1. The van der Waals surface area contributed by atoms with Gasteiger partial charge in [-0.25, -0.2) is 4.85 Å². The summed E-state index contributed by atoms with van der Waals surface area (Å²) in [4.78, 5) is 3.62. The third-order valence-electron chi connectivity index (χ3n) is 7.05. The molecular formula is C37H41N3O8. The van der Waals surface area contributed by atoms with Crippen LogP contribution in [-0.4, -0.2) is 56.9 Å². The van der Waals surface area contributed by atoms with Crippen LogP contribution in [0.25, 0.3) is 28.8 Å². The molecule has 4 aromatic carbocycles. The zero-order valence-corrected chi connectivity index (χ0v) is 28.4. The lowest BCUT2D eigenvalue weighted by Gasteiger charge is -2.14. The Morgan fingerprint density at radius 2 is 0.896 bits per heavy atom. The first-order valence-electron chi connectivity index (χ1n) is 14.4. The molecule has 0 aliphatic carbocycles. The first-order chi connectivity index (χ1) is 23.2. The Labute approximate surface area is 281 Å². The third kappa shape index (κ3) is 8.76. The van der Waals surface area contributed by atoms with E-state index < -0.39 is 0 Å². The fourth-order valence-corrected chi connectivity index (χ4v) is 4.66. The minimum absolute atomic E-state index is 0.420. The van der Waals surface area contributed by atoms with Crippen LogP contribution in [0.2, 0.25) is 0 Å². The van der Waals surface area contributed by atoms with Crippen LogP contribution >= 0.6 is 0 Å². The van der Waals surface area contributed by atoms with Gasteiger partial charge in [-0.05, 0) is 76.9 Å². The van der Waals surface area contributed by atoms with Gasteiger partial charge in [0.2, 0.25) is 11.5 Å². The predicted molar refractivity (Wildman–Crippen MR) is 190 cm³/mol. The summed E-state index contributed by atoms with van der Waals surface area (Å²) in [5.74, 6) is 4.50. The predicted octanol–water partition coefficient (Wildman–Crippen LogP) is 7.19. The van der Waals surface area contributed by atoms with E-state index in [2.05, 4.69) is 4.85 Å². The molecular weight excluding hydrogens is 614 g/mol. The zero-order chi connectivity index (χ0) is 35.2. The average Bonchev–Trinajstić information content (AvgIpc) is 3.12. The van der Waals surface area contributed by atoms with Crippen molar-refractivity contribution in [2.24, 2.45) is 0 Å². The largest absolute Gasteiger partial charge is 0.495 e. The molecule has 11 nitrogen and oxygen atoms in total. The van der Waals surface area contributed by atoms with E-state index in [4.69, 9.17) is 55.9 Å². The van der Waals surface area contributed by atoms with Crippen molar-refractivity contribution >= 4 is 35.3 Å². The Bertz CT molecular complexity index is 1760. The summed E-state index contributed by atoms with van der Waals surface area (Å²) in [6, 6.07) is 18.2. The molecule has 4 aromatic rings. The third-order valence-corrected chi connectivity index (χ3v) is 7.05. The molecule has 0 aromatic heterocycles. The first-order valence-corrected chi connectivity index (χ1v) is 14.4. The van der Waals surface area contributed by atoms with Crippen LogP contribution in [0, 0.1) is 6.57 Å². The average molecular weight is 656 g/mol. The van der Waals surface area contributed by atoms with E-state index >= 15 is 0 Å². The van der Waals surface area contributed by atoms with Crippen LogP contribution in [0.15, 0.2) is 60.7 Å². The number of nitrogens with two attached hydrogens (primary N) is 2. The van der Waals surface area contributed by atoms with Gasteiger partial charge in [0.25, 0.3) is 0 Å². The monoisotopic (exact) mass is 655 g/mol. The van der Waals surface area contributed by atoms with Crippen LogP contribution in [0.3, 0.4) is 0 Å². The van der Waals surface area contributed by atoms with E-state index in [1.807, 2.05) is 48.6 Å². The van der Waals surface area contributed by atoms with Crippen LogP contribution in [0.4, 0.5) is 11.4 Å². The molecule has 0 saturated heterocycles. The van der Waals surface area contributed by atoms with Crippen LogP contribution in [0.5, 0.6) is 46.0 Å². The molecule has 0 aliphatic rings. The molecule has 0 spiro atoms. The number of hydrogen-bond acceptors (Lipinski definition) is 10. The number of benzene rings is 4. The number of anilines is 2. The van der Waals surface area contributed by atoms with E-state index in [0.29, 0.717) is 68.6 Å². The quantitative estimate of drug-likeness (QED) is 0.0918. The molecule has 0 aliphatic heterocycles. The zero-order valence-electron chi connectivity index (χ0n) is 28.4. The summed E-state index contributed by atoms with van der Waals surface area (Å²) in [6.45, 7) is 7.52. The van der Waals surface area contributed by atoms with Crippen LogP contribution < -0.4 is 49.4 Å². The lowest BCUT2D eigenvalue weighted by Crippen LogP contribution is -1.96. The van der Waals surface area contributed by atoms with Gasteiger partial charge >= 0.3 is 0 Å². The highest BCUT2D eigenvalue weighted by Gasteiger charge is 2.16. The molecule has 0 fully saturated rings. The lowest BCUT2D eigenvalue weighted by molar-refractivity contribution is 0.324. The Morgan fingerprint density at radius 3 is 1.29 bits per heavy atom. The molecule has 0 bridgehead atoms. The number of ether oxygens (including phenoxy) is 8. The van der Waals surface area contributed by atoms with Crippen molar-refractivity contribution in [1.82, 2.24) is 0 Å². The molecule has 0 atom stereocenters. The molecule has 0 saturated carbocycles. The number of rotatable bonds is 12. The maximum Gasteiger partial charge on any atom is 0.203 e. The Hall–Kier alpha value is -6.15. The summed E-state index contributed by atoms with van der Waals surface area (Å²) < 4.78 is 42.3. The van der Waals surface area contributed by atoms with Gasteiger partial charge in [0.15, 0.2) is 28.7 Å². The number of hydrogen-bond donors (Lipinski definition) is 2. The normalized spacial score (nSPS) is 10.7. The fourth-order valence-electron chi connectivity index (χ4n) is 4.66. The van der Waals surface area contributed by atoms with Crippen LogP contribution in [-0.2, 0) is 0 Å². The maximum atomic E-state index is 7.52. The second kappa shape index (κ2) is 17.5. The highest BCUT2D eigenvalue weighted by atomic mass is 16.5. The maximum absolute atomic E-state index is 7.52. The van der Waals surface area contributed by atoms with Crippen molar-refractivity contribution < 1.29 is 37.9 Å². The van der Waals surface area contributed by atoms with E-state index in [-0.39, 0.29) is 0 Å². The molecule has 4 rings (SSSR count). The van der Waals surface area contributed by atoms with Crippen molar-refractivity contribution in [3.8, 4) is 46.0 Å². The Balaban J connectivity index is 0.000000261. The number of nitrogen functional groups attached to an aromatic ring is 2. The van der Waals surface area contributed by atoms with E-state index in [0.717, 1.165) is 16.7 Å². The van der Waals surface area contributed by atoms with Gasteiger partial charge < -0.3 is 49.4 Å². The van der Waals surface area contributed by atoms with Crippen molar-refractivity contribution in [3.63, 3.8) is 0 Å². The van der Waals surface area contributed by atoms with E-state index in [1.165, 1.54) is 21.3 Å². The molecule has 0 unspecified atom stereocenters. The molecule has 0 radical (unpaired) electrons. The molecule has 0 amide bonds. The second-order valence-electron chi connectivity index (χ2n) is 9.85. The molecule has 252 valence electrons. The minimum atomic E-state index is 0.420. The topological polar surface area (TPSA) is 130 Å². The smallest absolute Gasteiger partial charge is 0.203 e. The summed E-state index contributed by atoms with van der Waals surface area (Å²) in [7, 11) is 12.5. The number of methoxy groups -OCH3 is 8. The molecule has 4 N–H and O–H groups in total. The van der Waals surface area contributed by atoms with Gasteiger partial charge in [0.05, 0.1) is 74.8 Å². The van der Waals surface area contributed by atoms with Gasteiger partial charge in [-0.1, -0.05) is 24.3 Å². The highest BCUT2D eigenvalue weighted by Crippen LogP contribution is 2.41. The van der Waals surface area contributed by atoms with E-state index in [9.17, 15) is 0 Å². The standard InChI is InChI=1S/C19H20N2O4.C18H21NO4/c1-21-15(9-12-6-7-16(22-2)14(20)8-12)13-10-17(23-3)19(25-5)18(11-13)24-4;1-20-15-8-7-12(9-14(15)19)5-6-13-10-16(21-2)18(23-4)17(11-13)22-3/h6-11H,20H2,2-5H3;5-11H,19H2,1-4H3/b15-9+;6-5-. The summed E-state index contributed by atoms with van der Waals surface area (Å²) in [5.41, 5.74) is 16.7. The first kappa shape index (κ1) is 36.3. The summed E-state index contributed by atoms with van der Waals surface area (Å²) >= 11 is 0. The van der Waals surface area contributed by atoms with E-state index in [1.54, 1.807) is 65.9 Å². The Kier molecular flexibility index (Phi) is 13.3. The molecule has 11 heteroatoms. The van der Waals surface area contributed by atoms with Crippen molar-refractivity contribution in [1.29, 1.82) is 0 Å². The van der Waals surface area contributed by atoms with Gasteiger partial charge in [-0.3, -0.25) is 0 Å². The highest BCUT2D eigenvalue weighted by molar-refractivity contribution is 5.87. The summed E-state index contributed by atoms with van der Waals surface area (Å²) in [5, 5.41) is 0. The second-order valence-corrected chi connectivity index (χ2v) is 9.85. The summed E-state index contributed by atoms with van der Waals surface area (Å²) in [6.07, 6.45) is 5.64. The van der Waals surface area contributed by atoms with Gasteiger partial charge in [0, 0.05) is 0 Å². The van der Waals surface area contributed by atoms with Crippen molar-refractivity contribution in [2.75, 3.05) is 68.3 Å². The SMILES string of the molecule is COc1ccc(/C=C\c2cc(OC)c(OC)c(OC)c2)cc1N.[C-]#[N+]/C(=C/c1ccc(OC)c(N)c1)c1cc(OC)c(OC)c(OC)c1. The van der Waals surface area contributed by atoms with Gasteiger partial charge in [-0.2, -0.15) is 0 Å². The van der Waals surface area contributed by atoms with Crippen molar-refractivity contribution in [3.05, 3.63) is 94.3 Å².